The molecular formula is C25H31BrN2O3. The molecule has 0 aromatic heterocycles. The summed E-state index contributed by atoms with van der Waals surface area (Å²) >= 11 is 3.48. The Hall–Kier alpha value is -2.34. The number of hydrogen-bond acceptors (Lipinski definition) is 3. The van der Waals surface area contributed by atoms with Crippen molar-refractivity contribution in [3.05, 3.63) is 64.1 Å². The summed E-state index contributed by atoms with van der Waals surface area (Å²) in [5.41, 5.74) is 2.02. The number of benzene rings is 2. The van der Waals surface area contributed by atoms with Crippen molar-refractivity contribution in [1.29, 1.82) is 0 Å². The molecule has 1 aliphatic carbocycles. The van der Waals surface area contributed by atoms with Crippen LogP contribution in [0.15, 0.2) is 53.0 Å². The van der Waals surface area contributed by atoms with Crippen molar-refractivity contribution in [1.82, 2.24) is 10.2 Å². The number of nitrogens with one attached hydrogen (secondary N) is 1. The Kier molecular flexibility index (Phi) is 8.52. The number of ether oxygens (including phenoxy) is 1. The second-order valence-corrected chi connectivity index (χ2v) is 9.19. The quantitative estimate of drug-likeness (QED) is 0.570. The zero-order valence-corrected chi connectivity index (χ0v) is 19.9. The summed E-state index contributed by atoms with van der Waals surface area (Å²) < 4.78 is 6.68. The first kappa shape index (κ1) is 23.3. The molecule has 0 unspecified atom stereocenters. The Labute approximate surface area is 193 Å². The van der Waals surface area contributed by atoms with Gasteiger partial charge in [-0.1, -0.05) is 59.5 Å². The molecule has 0 heterocycles. The van der Waals surface area contributed by atoms with E-state index in [9.17, 15) is 9.59 Å². The fourth-order valence-electron chi connectivity index (χ4n) is 3.92. The highest BCUT2D eigenvalue weighted by Crippen LogP contribution is 2.19. The average Bonchev–Trinajstić information content (AvgIpc) is 2.76. The van der Waals surface area contributed by atoms with E-state index in [2.05, 4.69) is 21.2 Å². The molecule has 0 radical (unpaired) electrons. The van der Waals surface area contributed by atoms with Gasteiger partial charge in [-0.25, -0.2) is 0 Å². The molecule has 2 amide bonds. The van der Waals surface area contributed by atoms with Crippen LogP contribution in [0.4, 0.5) is 0 Å². The van der Waals surface area contributed by atoms with Crippen LogP contribution in [0.25, 0.3) is 0 Å². The number of amides is 2. The summed E-state index contributed by atoms with van der Waals surface area (Å²) in [6.07, 6.45) is 5.53. The Morgan fingerprint density at radius 1 is 1.13 bits per heavy atom. The molecule has 0 saturated heterocycles. The van der Waals surface area contributed by atoms with Crippen LogP contribution in [0, 0.1) is 6.92 Å². The second kappa shape index (κ2) is 11.3. The second-order valence-electron chi connectivity index (χ2n) is 8.28. The van der Waals surface area contributed by atoms with E-state index in [1.54, 1.807) is 11.8 Å². The van der Waals surface area contributed by atoms with Crippen molar-refractivity contribution in [2.75, 3.05) is 6.61 Å². The molecule has 1 aliphatic rings. The van der Waals surface area contributed by atoms with Gasteiger partial charge in [0.15, 0.2) is 6.61 Å². The molecular weight excluding hydrogens is 456 g/mol. The van der Waals surface area contributed by atoms with Gasteiger partial charge in [0.1, 0.15) is 11.8 Å². The first-order valence-electron chi connectivity index (χ1n) is 11.0. The molecule has 0 aliphatic heterocycles. The lowest BCUT2D eigenvalue weighted by Gasteiger charge is -2.31. The van der Waals surface area contributed by atoms with Gasteiger partial charge in [-0.05, 0) is 62.1 Å². The number of carbonyl (C=O) groups excluding carboxylic acids is 2. The molecule has 5 nitrogen and oxygen atoms in total. The molecule has 1 atom stereocenters. The first-order valence-corrected chi connectivity index (χ1v) is 11.8. The predicted molar refractivity (Wildman–Crippen MR) is 126 cm³/mol. The van der Waals surface area contributed by atoms with E-state index >= 15 is 0 Å². The molecule has 1 N–H and O–H groups in total. The van der Waals surface area contributed by atoms with Crippen LogP contribution in [-0.2, 0) is 16.1 Å². The largest absolute Gasteiger partial charge is 0.484 e. The Morgan fingerprint density at radius 2 is 1.87 bits per heavy atom. The minimum absolute atomic E-state index is 0.106. The zero-order valence-electron chi connectivity index (χ0n) is 18.3. The number of hydrogen-bond donors (Lipinski definition) is 1. The highest BCUT2D eigenvalue weighted by atomic mass is 79.9. The lowest BCUT2D eigenvalue weighted by Crippen LogP contribution is -2.51. The van der Waals surface area contributed by atoms with Crippen LogP contribution >= 0.6 is 15.9 Å². The summed E-state index contributed by atoms with van der Waals surface area (Å²) in [7, 11) is 0. The molecule has 0 spiro atoms. The van der Waals surface area contributed by atoms with Gasteiger partial charge >= 0.3 is 0 Å². The minimum atomic E-state index is -0.588. The van der Waals surface area contributed by atoms with Gasteiger partial charge < -0.3 is 15.0 Å². The van der Waals surface area contributed by atoms with Gasteiger partial charge in [0.2, 0.25) is 5.91 Å². The first-order chi connectivity index (χ1) is 14.9. The Balaban J connectivity index is 1.70. The maximum Gasteiger partial charge on any atom is 0.261 e. The van der Waals surface area contributed by atoms with Gasteiger partial charge in [-0.15, -0.1) is 0 Å². The van der Waals surface area contributed by atoms with Crippen LogP contribution in [0.3, 0.4) is 0 Å². The molecule has 31 heavy (non-hydrogen) atoms. The summed E-state index contributed by atoms with van der Waals surface area (Å²) in [6, 6.07) is 15.0. The number of rotatable bonds is 8. The van der Waals surface area contributed by atoms with Crippen molar-refractivity contribution in [3.63, 3.8) is 0 Å². The fraction of sp³-hybridized carbons (Fsp3) is 0.440. The topological polar surface area (TPSA) is 58.6 Å². The van der Waals surface area contributed by atoms with Crippen LogP contribution in [0.2, 0.25) is 0 Å². The van der Waals surface area contributed by atoms with Crippen molar-refractivity contribution in [3.8, 4) is 5.75 Å². The summed E-state index contributed by atoms with van der Waals surface area (Å²) in [5, 5.41) is 3.15. The van der Waals surface area contributed by atoms with Crippen molar-refractivity contribution in [2.45, 2.75) is 64.6 Å². The lowest BCUT2D eigenvalue weighted by molar-refractivity contribution is -0.142. The predicted octanol–water partition coefficient (Wildman–Crippen LogP) is 5.00. The van der Waals surface area contributed by atoms with E-state index in [0.717, 1.165) is 41.3 Å². The normalized spacial score (nSPS) is 15.2. The third-order valence-corrected chi connectivity index (χ3v) is 6.21. The van der Waals surface area contributed by atoms with Gasteiger partial charge in [0.25, 0.3) is 5.91 Å². The van der Waals surface area contributed by atoms with Crippen molar-refractivity contribution >= 4 is 27.7 Å². The van der Waals surface area contributed by atoms with E-state index in [1.807, 2.05) is 55.5 Å². The zero-order chi connectivity index (χ0) is 22.2. The van der Waals surface area contributed by atoms with Crippen LogP contribution in [0.5, 0.6) is 5.75 Å². The third kappa shape index (κ3) is 7.10. The molecule has 1 fully saturated rings. The van der Waals surface area contributed by atoms with Crippen molar-refractivity contribution < 1.29 is 14.3 Å². The minimum Gasteiger partial charge on any atom is -0.484 e. The molecule has 0 bridgehead atoms. The van der Waals surface area contributed by atoms with Crippen LogP contribution < -0.4 is 10.1 Å². The molecule has 2 aromatic carbocycles. The number of carbonyl (C=O) groups is 2. The number of aryl methyl sites for hydroxylation is 1. The third-order valence-electron chi connectivity index (χ3n) is 5.71. The highest BCUT2D eigenvalue weighted by Gasteiger charge is 2.28. The maximum atomic E-state index is 13.1. The Bertz CT molecular complexity index is 896. The standard InChI is InChI=1S/C25H31BrN2O3/c1-18-8-6-13-23(14-18)31-17-24(29)28(16-20-9-7-10-21(26)15-20)19(2)25(30)27-22-11-4-3-5-12-22/h6-10,13-15,19,22H,3-5,11-12,16-17H2,1-2H3,(H,27,30)/t19-/m0/s1. The van der Waals surface area contributed by atoms with Gasteiger partial charge in [-0.2, -0.15) is 0 Å². The number of halogens is 1. The Morgan fingerprint density at radius 3 is 2.58 bits per heavy atom. The highest BCUT2D eigenvalue weighted by molar-refractivity contribution is 9.10. The van der Waals surface area contributed by atoms with Gasteiger partial charge in [0, 0.05) is 17.1 Å². The van der Waals surface area contributed by atoms with E-state index in [-0.39, 0.29) is 24.5 Å². The monoisotopic (exact) mass is 486 g/mol. The van der Waals surface area contributed by atoms with E-state index in [1.165, 1.54) is 6.42 Å². The SMILES string of the molecule is Cc1cccc(OCC(=O)N(Cc2cccc(Br)c2)[C@@H](C)C(=O)NC2CCCCC2)c1. The molecule has 2 aromatic rings. The van der Waals surface area contributed by atoms with E-state index < -0.39 is 6.04 Å². The van der Waals surface area contributed by atoms with Gasteiger partial charge in [0.05, 0.1) is 0 Å². The van der Waals surface area contributed by atoms with E-state index in [4.69, 9.17) is 4.74 Å². The lowest BCUT2D eigenvalue weighted by atomic mass is 9.95. The molecule has 166 valence electrons. The number of nitrogens with zero attached hydrogens (tertiary/aromatic N) is 1. The summed E-state index contributed by atoms with van der Waals surface area (Å²) in [6.45, 7) is 4.00. The smallest absolute Gasteiger partial charge is 0.261 e. The van der Waals surface area contributed by atoms with E-state index in [0.29, 0.717) is 12.3 Å². The molecule has 1 saturated carbocycles. The van der Waals surface area contributed by atoms with Crippen LogP contribution in [-0.4, -0.2) is 35.4 Å². The summed E-state index contributed by atoms with van der Waals surface area (Å²) in [4.78, 5) is 27.7. The maximum absolute atomic E-state index is 13.1. The van der Waals surface area contributed by atoms with Gasteiger partial charge in [-0.3, -0.25) is 9.59 Å². The molecule has 3 rings (SSSR count). The average molecular weight is 487 g/mol. The van der Waals surface area contributed by atoms with Crippen LogP contribution in [0.1, 0.15) is 50.2 Å². The summed E-state index contributed by atoms with van der Waals surface area (Å²) in [5.74, 6) is 0.327. The molecule has 6 heteroatoms. The van der Waals surface area contributed by atoms with Crippen molar-refractivity contribution in [2.24, 2.45) is 0 Å². The fourth-order valence-corrected chi connectivity index (χ4v) is 4.36.